The summed E-state index contributed by atoms with van der Waals surface area (Å²) in [7, 11) is 0. The zero-order valence-corrected chi connectivity index (χ0v) is 12.1. The van der Waals surface area contributed by atoms with Crippen molar-refractivity contribution >= 4 is 40.8 Å². The molecule has 7 heteroatoms. The maximum absolute atomic E-state index is 13.4. The van der Waals surface area contributed by atoms with Crippen molar-refractivity contribution in [3.05, 3.63) is 51.0 Å². The molecule has 0 fully saturated rings. The Bertz CT molecular complexity index is 692. The summed E-state index contributed by atoms with van der Waals surface area (Å²) in [4.78, 5) is 14.2. The number of carboxylic acid groups (broad SMARTS) is 1. The predicted octanol–water partition coefficient (Wildman–Crippen LogP) is 4.48. The lowest BCUT2D eigenvalue weighted by Crippen LogP contribution is -2.04. The number of rotatable bonds is 3. The van der Waals surface area contributed by atoms with E-state index in [1.165, 1.54) is 12.3 Å². The van der Waals surface area contributed by atoms with Crippen molar-refractivity contribution in [2.24, 2.45) is 0 Å². The van der Waals surface area contributed by atoms with Gasteiger partial charge in [0.25, 0.3) is 0 Å². The molecule has 0 atom stereocenters. The molecule has 2 aromatic rings. The standard InChI is InChI=1S/C13H7Cl3FNO2/c14-9-2-1-8(11(15)12(9)16)7-3-6(4-10(19)20)13(17)18-5-7/h1-3,5H,4H2,(H,19,20). The molecule has 2 rings (SSSR count). The molecule has 0 saturated heterocycles. The second kappa shape index (κ2) is 5.95. The molecule has 0 bridgehead atoms. The largest absolute Gasteiger partial charge is 0.481 e. The quantitative estimate of drug-likeness (QED) is 0.665. The van der Waals surface area contributed by atoms with Gasteiger partial charge in [-0.25, -0.2) is 4.98 Å². The van der Waals surface area contributed by atoms with E-state index in [0.29, 0.717) is 16.1 Å². The Morgan fingerprint density at radius 2 is 1.95 bits per heavy atom. The first-order chi connectivity index (χ1) is 9.40. The second-order valence-electron chi connectivity index (χ2n) is 3.97. The number of carbonyl (C=O) groups is 1. The molecule has 1 N–H and O–H groups in total. The molecule has 1 heterocycles. The molecule has 3 nitrogen and oxygen atoms in total. The van der Waals surface area contributed by atoms with Crippen LogP contribution in [-0.2, 0) is 11.2 Å². The third kappa shape index (κ3) is 3.03. The number of pyridine rings is 1. The Balaban J connectivity index is 2.54. The monoisotopic (exact) mass is 333 g/mol. The van der Waals surface area contributed by atoms with Crippen LogP contribution in [0.5, 0.6) is 0 Å². The number of hydrogen-bond donors (Lipinski definition) is 1. The van der Waals surface area contributed by atoms with E-state index in [0.717, 1.165) is 0 Å². The van der Waals surface area contributed by atoms with Crippen molar-refractivity contribution in [3.8, 4) is 11.1 Å². The third-order valence-corrected chi connectivity index (χ3v) is 3.89. The van der Waals surface area contributed by atoms with Crippen LogP contribution < -0.4 is 0 Å². The number of aliphatic carboxylic acids is 1. The number of hydrogen-bond acceptors (Lipinski definition) is 2. The maximum atomic E-state index is 13.4. The van der Waals surface area contributed by atoms with Gasteiger partial charge in [0.1, 0.15) is 0 Å². The lowest BCUT2D eigenvalue weighted by atomic mass is 10.0. The molecule has 0 saturated carbocycles. The molecule has 0 aliphatic rings. The van der Waals surface area contributed by atoms with Crippen LogP contribution in [0.1, 0.15) is 5.56 Å². The molecule has 104 valence electrons. The summed E-state index contributed by atoms with van der Waals surface area (Å²) in [6.45, 7) is 0. The molecule has 1 aromatic carbocycles. The van der Waals surface area contributed by atoms with Gasteiger partial charge in [0, 0.05) is 22.9 Å². The number of carboxylic acids is 1. The van der Waals surface area contributed by atoms with Gasteiger partial charge in [-0.1, -0.05) is 40.9 Å². The van der Waals surface area contributed by atoms with E-state index in [4.69, 9.17) is 39.9 Å². The summed E-state index contributed by atoms with van der Waals surface area (Å²) in [6.07, 6.45) is 0.789. The molecule has 1 aromatic heterocycles. The minimum absolute atomic E-state index is 0.0304. The van der Waals surface area contributed by atoms with Crippen molar-refractivity contribution in [1.29, 1.82) is 0 Å². The van der Waals surface area contributed by atoms with Gasteiger partial charge in [-0.3, -0.25) is 4.79 Å². The molecule has 0 amide bonds. The smallest absolute Gasteiger partial charge is 0.307 e. The fourth-order valence-corrected chi connectivity index (χ4v) is 2.32. The number of benzene rings is 1. The van der Waals surface area contributed by atoms with Gasteiger partial charge in [0.2, 0.25) is 5.95 Å². The van der Waals surface area contributed by atoms with E-state index in [1.54, 1.807) is 12.1 Å². The molecule has 20 heavy (non-hydrogen) atoms. The van der Waals surface area contributed by atoms with Crippen molar-refractivity contribution in [3.63, 3.8) is 0 Å². The normalized spacial score (nSPS) is 10.6. The van der Waals surface area contributed by atoms with Gasteiger partial charge >= 0.3 is 5.97 Å². The summed E-state index contributed by atoms with van der Waals surface area (Å²) in [5, 5.41) is 9.40. The van der Waals surface area contributed by atoms with Gasteiger partial charge in [-0.05, 0) is 12.1 Å². The summed E-state index contributed by atoms with van der Waals surface area (Å²) >= 11 is 17.8. The number of nitrogens with zero attached hydrogens (tertiary/aromatic N) is 1. The molecule has 0 radical (unpaired) electrons. The minimum atomic E-state index is -1.15. The van der Waals surface area contributed by atoms with Gasteiger partial charge < -0.3 is 5.11 Å². The zero-order chi connectivity index (χ0) is 14.9. The first-order valence-electron chi connectivity index (χ1n) is 5.40. The topological polar surface area (TPSA) is 50.2 Å². The lowest BCUT2D eigenvalue weighted by molar-refractivity contribution is -0.136. The van der Waals surface area contributed by atoms with Crippen LogP contribution >= 0.6 is 34.8 Å². The minimum Gasteiger partial charge on any atom is -0.481 e. The van der Waals surface area contributed by atoms with Gasteiger partial charge in [0.05, 0.1) is 21.5 Å². The predicted molar refractivity (Wildman–Crippen MR) is 76.0 cm³/mol. The van der Waals surface area contributed by atoms with Crippen molar-refractivity contribution in [2.45, 2.75) is 6.42 Å². The first kappa shape index (κ1) is 15.0. The van der Waals surface area contributed by atoms with E-state index in [2.05, 4.69) is 4.98 Å². The van der Waals surface area contributed by atoms with Crippen LogP contribution in [-0.4, -0.2) is 16.1 Å². The van der Waals surface area contributed by atoms with E-state index in [-0.39, 0.29) is 15.6 Å². The highest BCUT2D eigenvalue weighted by Gasteiger charge is 2.14. The van der Waals surface area contributed by atoms with Crippen molar-refractivity contribution in [2.75, 3.05) is 0 Å². The molecule has 0 unspecified atom stereocenters. The Hall–Kier alpha value is -1.36. The van der Waals surface area contributed by atoms with Crippen LogP contribution in [0.25, 0.3) is 11.1 Å². The fourth-order valence-electron chi connectivity index (χ4n) is 1.68. The summed E-state index contributed by atoms with van der Waals surface area (Å²) in [5.74, 6) is -1.98. The summed E-state index contributed by atoms with van der Waals surface area (Å²) in [5.41, 5.74) is 0.934. The average Bonchev–Trinajstić information content (AvgIpc) is 2.39. The SMILES string of the molecule is O=C(O)Cc1cc(-c2ccc(Cl)c(Cl)c2Cl)cnc1F. The highest BCUT2D eigenvalue weighted by Crippen LogP contribution is 2.38. The van der Waals surface area contributed by atoms with Crippen LogP contribution in [0.2, 0.25) is 15.1 Å². The number of halogens is 4. The van der Waals surface area contributed by atoms with E-state index in [9.17, 15) is 9.18 Å². The Morgan fingerprint density at radius 3 is 2.60 bits per heavy atom. The van der Waals surface area contributed by atoms with Crippen LogP contribution in [0.15, 0.2) is 24.4 Å². The molecule has 0 aliphatic heterocycles. The molecule has 0 aliphatic carbocycles. The Kier molecular flexibility index (Phi) is 4.48. The van der Waals surface area contributed by atoms with Gasteiger partial charge in [0.15, 0.2) is 0 Å². The average molecular weight is 335 g/mol. The van der Waals surface area contributed by atoms with Crippen LogP contribution in [0.4, 0.5) is 4.39 Å². The highest BCUT2D eigenvalue weighted by molar-refractivity contribution is 6.49. The van der Waals surface area contributed by atoms with Gasteiger partial charge in [-0.2, -0.15) is 4.39 Å². The third-order valence-electron chi connectivity index (χ3n) is 2.60. The van der Waals surface area contributed by atoms with E-state index >= 15 is 0 Å². The highest BCUT2D eigenvalue weighted by atomic mass is 35.5. The van der Waals surface area contributed by atoms with E-state index in [1.807, 2.05) is 0 Å². The van der Waals surface area contributed by atoms with Crippen molar-refractivity contribution < 1.29 is 14.3 Å². The lowest BCUT2D eigenvalue weighted by Gasteiger charge is -2.09. The first-order valence-corrected chi connectivity index (χ1v) is 6.53. The van der Waals surface area contributed by atoms with Gasteiger partial charge in [-0.15, -0.1) is 0 Å². The summed E-state index contributed by atoms with van der Waals surface area (Å²) < 4.78 is 13.4. The van der Waals surface area contributed by atoms with Crippen LogP contribution in [0.3, 0.4) is 0 Å². The summed E-state index contributed by atoms with van der Waals surface area (Å²) in [6, 6.07) is 4.53. The fraction of sp³-hybridized carbons (Fsp3) is 0.0769. The number of aromatic nitrogens is 1. The zero-order valence-electron chi connectivity index (χ0n) is 9.83. The van der Waals surface area contributed by atoms with Crippen LogP contribution in [0, 0.1) is 5.95 Å². The van der Waals surface area contributed by atoms with E-state index < -0.39 is 18.3 Å². The molecular weight excluding hydrogens is 328 g/mol. The Morgan fingerprint density at radius 1 is 1.25 bits per heavy atom. The second-order valence-corrected chi connectivity index (χ2v) is 5.13. The molecule has 0 spiro atoms. The molecular formula is C13H7Cl3FNO2. The van der Waals surface area contributed by atoms with Crippen molar-refractivity contribution in [1.82, 2.24) is 4.98 Å². The maximum Gasteiger partial charge on any atom is 0.307 e. The Labute approximate surface area is 128 Å².